The molecular weight excluding hydrogens is 282 g/mol. The van der Waals surface area contributed by atoms with Gasteiger partial charge in [0, 0.05) is 37.6 Å². The summed E-state index contributed by atoms with van der Waals surface area (Å²) in [7, 11) is 0. The van der Waals surface area contributed by atoms with Crippen LogP contribution in [0.5, 0.6) is 0 Å². The van der Waals surface area contributed by atoms with Crippen molar-refractivity contribution in [1.29, 1.82) is 0 Å². The Kier molecular flexibility index (Phi) is 4.60. The van der Waals surface area contributed by atoms with Gasteiger partial charge in [-0.15, -0.1) is 11.3 Å². The molecule has 116 valence electrons. The second kappa shape index (κ2) is 6.44. The molecular formula is C16H25N3OS. The average Bonchev–Trinajstić information content (AvgIpc) is 3.16. The Morgan fingerprint density at radius 2 is 2.24 bits per heavy atom. The zero-order valence-corrected chi connectivity index (χ0v) is 13.8. The summed E-state index contributed by atoms with van der Waals surface area (Å²) in [6.45, 7) is 8.62. The first kappa shape index (κ1) is 15.0. The van der Waals surface area contributed by atoms with Crippen LogP contribution in [0.15, 0.2) is 10.9 Å². The lowest BCUT2D eigenvalue weighted by Crippen LogP contribution is -2.46. The summed E-state index contributed by atoms with van der Waals surface area (Å²) >= 11 is 1.49. The number of carbonyl (C=O) groups is 1. The molecule has 0 spiro atoms. The third-order valence-electron chi connectivity index (χ3n) is 4.65. The van der Waals surface area contributed by atoms with Gasteiger partial charge in [0.1, 0.15) is 5.69 Å². The highest BCUT2D eigenvalue weighted by Crippen LogP contribution is 2.32. The lowest BCUT2D eigenvalue weighted by atomic mass is 10.0. The molecule has 0 radical (unpaired) electrons. The van der Waals surface area contributed by atoms with Gasteiger partial charge < -0.3 is 4.90 Å². The van der Waals surface area contributed by atoms with Gasteiger partial charge in [0.05, 0.1) is 5.51 Å². The third kappa shape index (κ3) is 3.64. The largest absolute Gasteiger partial charge is 0.336 e. The summed E-state index contributed by atoms with van der Waals surface area (Å²) in [6.07, 6.45) is 3.86. The van der Waals surface area contributed by atoms with Gasteiger partial charge in [0.25, 0.3) is 5.91 Å². The first-order valence-electron chi connectivity index (χ1n) is 8.06. The highest BCUT2D eigenvalue weighted by molar-refractivity contribution is 7.07. The highest BCUT2D eigenvalue weighted by Gasteiger charge is 2.33. The molecule has 1 aromatic heterocycles. The smallest absolute Gasteiger partial charge is 0.273 e. The van der Waals surface area contributed by atoms with Crippen molar-refractivity contribution < 1.29 is 4.79 Å². The van der Waals surface area contributed by atoms with Crippen LogP contribution in [0.2, 0.25) is 0 Å². The van der Waals surface area contributed by atoms with Crippen LogP contribution >= 0.6 is 11.3 Å². The molecule has 1 aromatic rings. The minimum Gasteiger partial charge on any atom is -0.336 e. The molecule has 0 bridgehead atoms. The molecule has 2 aliphatic rings. The fourth-order valence-electron chi connectivity index (χ4n) is 3.22. The van der Waals surface area contributed by atoms with Crippen molar-refractivity contribution in [3.8, 4) is 0 Å². The fourth-order valence-corrected chi connectivity index (χ4v) is 3.74. The maximum atomic E-state index is 12.6. The highest BCUT2D eigenvalue weighted by atomic mass is 32.1. The van der Waals surface area contributed by atoms with Crippen molar-refractivity contribution in [2.75, 3.05) is 26.2 Å². The Morgan fingerprint density at radius 1 is 1.43 bits per heavy atom. The quantitative estimate of drug-likeness (QED) is 0.858. The Hall–Kier alpha value is -0.940. The fraction of sp³-hybridized carbons (Fsp3) is 0.750. The topological polar surface area (TPSA) is 36.4 Å². The monoisotopic (exact) mass is 307 g/mol. The van der Waals surface area contributed by atoms with E-state index < -0.39 is 0 Å². The molecule has 3 rings (SSSR count). The minimum atomic E-state index is 0.107. The van der Waals surface area contributed by atoms with E-state index in [0.29, 0.717) is 17.7 Å². The van der Waals surface area contributed by atoms with E-state index in [-0.39, 0.29) is 5.91 Å². The first-order valence-corrected chi connectivity index (χ1v) is 9.01. The number of nitrogens with zero attached hydrogens (tertiary/aromatic N) is 3. The Labute approximate surface area is 131 Å². The van der Waals surface area contributed by atoms with Crippen LogP contribution in [0.25, 0.3) is 0 Å². The standard InChI is InChI=1S/C16H25N3OS/c1-12(2)15-9-19(16(20)14-10-21-11-17-14)7-3-6-18(15)8-13-4-5-13/h10-13,15H,3-9H2,1-2H3/t15-/m1/s1. The number of hydrogen-bond acceptors (Lipinski definition) is 4. The second-order valence-corrected chi connectivity index (χ2v) is 7.45. The molecule has 1 amide bonds. The number of hydrogen-bond donors (Lipinski definition) is 0. The number of carbonyl (C=O) groups excluding carboxylic acids is 1. The maximum Gasteiger partial charge on any atom is 0.273 e. The van der Waals surface area contributed by atoms with Crippen molar-refractivity contribution in [2.24, 2.45) is 11.8 Å². The predicted octanol–water partition coefficient (Wildman–Crippen LogP) is 2.73. The number of aromatic nitrogens is 1. The van der Waals surface area contributed by atoms with Crippen molar-refractivity contribution in [1.82, 2.24) is 14.8 Å². The van der Waals surface area contributed by atoms with Gasteiger partial charge in [-0.05, 0) is 31.1 Å². The van der Waals surface area contributed by atoms with E-state index in [1.165, 1.54) is 30.7 Å². The Balaban J connectivity index is 1.70. The summed E-state index contributed by atoms with van der Waals surface area (Å²) in [6, 6.07) is 0.482. The SMILES string of the molecule is CC(C)[C@H]1CN(C(=O)c2cscn2)CCCN1CC1CC1. The molecule has 21 heavy (non-hydrogen) atoms. The molecule has 0 N–H and O–H groups in total. The normalized spacial score (nSPS) is 24.3. The summed E-state index contributed by atoms with van der Waals surface area (Å²) in [5.74, 6) is 1.59. The van der Waals surface area contributed by atoms with Crippen LogP contribution in [0.1, 0.15) is 43.6 Å². The van der Waals surface area contributed by atoms with Crippen molar-refractivity contribution in [2.45, 2.75) is 39.2 Å². The first-order chi connectivity index (χ1) is 10.1. The van der Waals surface area contributed by atoms with Crippen LogP contribution in [0.3, 0.4) is 0 Å². The van der Waals surface area contributed by atoms with Gasteiger partial charge in [-0.1, -0.05) is 13.8 Å². The minimum absolute atomic E-state index is 0.107. The van der Waals surface area contributed by atoms with Gasteiger partial charge in [-0.2, -0.15) is 0 Å². The van der Waals surface area contributed by atoms with Crippen molar-refractivity contribution in [3.05, 3.63) is 16.6 Å². The molecule has 2 fully saturated rings. The van der Waals surface area contributed by atoms with E-state index >= 15 is 0 Å². The number of thiazole rings is 1. The molecule has 1 aliphatic carbocycles. The van der Waals surface area contributed by atoms with E-state index in [4.69, 9.17) is 0 Å². The zero-order chi connectivity index (χ0) is 14.8. The Bertz CT molecular complexity index is 470. The van der Waals surface area contributed by atoms with Crippen molar-refractivity contribution >= 4 is 17.2 Å². The van der Waals surface area contributed by atoms with Crippen LogP contribution in [0.4, 0.5) is 0 Å². The van der Waals surface area contributed by atoms with E-state index in [1.54, 1.807) is 5.51 Å². The van der Waals surface area contributed by atoms with E-state index in [1.807, 2.05) is 10.3 Å². The average molecular weight is 307 g/mol. The molecule has 4 nitrogen and oxygen atoms in total. The molecule has 0 unspecified atom stereocenters. The summed E-state index contributed by atoms with van der Waals surface area (Å²) in [5.41, 5.74) is 2.35. The number of rotatable bonds is 4. The molecule has 1 aliphatic heterocycles. The van der Waals surface area contributed by atoms with E-state index in [9.17, 15) is 4.79 Å². The molecule has 1 saturated heterocycles. The van der Waals surface area contributed by atoms with Crippen LogP contribution in [-0.4, -0.2) is 52.9 Å². The van der Waals surface area contributed by atoms with Crippen LogP contribution < -0.4 is 0 Å². The molecule has 1 atom stereocenters. The van der Waals surface area contributed by atoms with Crippen LogP contribution in [0, 0.1) is 11.8 Å². The van der Waals surface area contributed by atoms with Gasteiger partial charge in [0.2, 0.25) is 0 Å². The van der Waals surface area contributed by atoms with E-state index in [0.717, 1.165) is 32.0 Å². The zero-order valence-electron chi connectivity index (χ0n) is 13.0. The lowest BCUT2D eigenvalue weighted by molar-refractivity contribution is 0.0699. The molecule has 0 aromatic carbocycles. The van der Waals surface area contributed by atoms with E-state index in [2.05, 4.69) is 23.7 Å². The van der Waals surface area contributed by atoms with Crippen molar-refractivity contribution in [3.63, 3.8) is 0 Å². The van der Waals surface area contributed by atoms with Gasteiger partial charge >= 0.3 is 0 Å². The van der Waals surface area contributed by atoms with Gasteiger partial charge in [0.15, 0.2) is 0 Å². The number of amides is 1. The lowest BCUT2D eigenvalue weighted by Gasteiger charge is -2.34. The molecule has 5 heteroatoms. The third-order valence-corrected chi connectivity index (χ3v) is 5.23. The molecule has 2 heterocycles. The summed E-state index contributed by atoms with van der Waals surface area (Å²) in [5, 5.41) is 1.86. The van der Waals surface area contributed by atoms with Gasteiger partial charge in [-0.25, -0.2) is 4.98 Å². The molecule has 1 saturated carbocycles. The summed E-state index contributed by atoms with van der Waals surface area (Å²) < 4.78 is 0. The summed E-state index contributed by atoms with van der Waals surface area (Å²) in [4.78, 5) is 21.4. The predicted molar refractivity (Wildman–Crippen MR) is 85.6 cm³/mol. The second-order valence-electron chi connectivity index (χ2n) is 6.73. The Morgan fingerprint density at radius 3 is 2.86 bits per heavy atom. The van der Waals surface area contributed by atoms with Crippen LogP contribution in [-0.2, 0) is 0 Å². The maximum absolute atomic E-state index is 12.6. The van der Waals surface area contributed by atoms with Gasteiger partial charge in [-0.3, -0.25) is 9.69 Å².